The summed E-state index contributed by atoms with van der Waals surface area (Å²) in [5.74, 6) is -0.462. The minimum Gasteiger partial charge on any atom is -0.461 e. The van der Waals surface area contributed by atoms with Gasteiger partial charge in [0.15, 0.2) is 5.70 Å². The minimum absolute atomic E-state index is 0.221. The number of esters is 1. The molecule has 2 rings (SSSR count). The van der Waals surface area contributed by atoms with Gasteiger partial charge in [-0.25, -0.2) is 14.8 Å². The number of ether oxygens (including phenoxy) is 1. The van der Waals surface area contributed by atoms with Gasteiger partial charge in [0.2, 0.25) is 0 Å². The molecule has 5 heteroatoms. The number of fused-ring (bicyclic) bond motifs is 1. The Hall–Kier alpha value is -2.69. The van der Waals surface area contributed by atoms with Crippen LogP contribution in [0.4, 0.5) is 0 Å². The van der Waals surface area contributed by atoms with Crippen LogP contribution in [0, 0.1) is 0 Å². The van der Waals surface area contributed by atoms with Gasteiger partial charge in [0.05, 0.1) is 24.2 Å². The number of benzene rings is 1. The molecule has 0 bridgehead atoms. The molecule has 5 nitrogen and oxygen atoms in total. The zero-order chi connectivity index (χ0) is 15.9. The third-order valence-corrected chi connectivity index (χ3v) is 2.82. The van der Waals surface area contributed by atoms with E-state index in [9.17, 15) is 4.79 Å². The van der Waals surface area contributed by atoms with Crippen molar-refractivity contribution in [1.82, 2.24) is 9.88 Å². The van der Waals surface area contributed by atoms with Gasteiger partial charge in [-0.05, 0) is 25.1 Å². The Bertz CT molecular complexity index is 721. The molecule has 0 unspecified atom stereocenters. The zero-order valence-electron chi connectivity index (χ0n) is 13.0. The van der Waals surface area contributed by atoms with Crippen LogP contribution >= 0.6 is 0 Å². The summed E-state index contributed by atoms with van der Waals surface area (Å²) in [6, 6.07) is 11.6. The van der Waals surface area contributed by atoms with Crippen molar-refractivity contribution in [2.45, 2.75) is 6.92 Å². The van der Waals surface area contributed by atoms with Crippen LogP contribution in [0.15, 0.2) is 47.1 Å². The van der Waals surface area contributed by atoms with Crippen molar-refractivity contribution < 1.29 is 9.53 Å². The molecule has 114 valence electrons. The monoisotopic (exact) mass is 297 g/mol. The standard InChI is InChI=1S/C17H19N3O2/c1-4-22-17(21)16(18-12-20(2)3)11-14-10-9-13-7-5-6-8-15(13)19-14/h5-12H,4H2,1-3H3/b16-11-,18-12?. The smallest absolute Gasteiger partial charge is 0.357 e. The molecule has 0 amide bonds. The molecule has 0 saturated heterocycles. The van der Waals surface area contributed by atoms with Gasteiger partial charge >= 0.3 is 5.97 Å². The number of nitrogens with zero attached hydrogens (tertiary/aromatic N) is 3. The van der Waals surface area contributed by atoms with Gasteiger partial charge < -0.3 is 9.64 Å². The van der Waals surface area contributed by atoms with Crippen LogP contribution in [-0.4, -0.2) is 42.9 Å². The van der Waals surface area contributed by atoms with E-state index >= 15 is 0 Å². The second kappa shape index (κ2) is 7.36. The summed E-state index contributed by atoms with van der Waals surface area (Å²) in [4.78, 5) is 22.4. The number of rotatable bonds is 5. The fraction of sp³-hybridized carbons (Fsp3) is 0.235. The fourth-order valence-electron chi connectivity index (χ4n) is 1.83. The van der Waals surface area contributed by atoms with E-state index in [0.29, 0.717) is 12.3 Å². The molecule has 0 aliphatic rings. The number of hydrogen-bond acceptors (Lipinski definition) is 4. The highest BCUT2D eigenvalue weighted by Gasteiger charge is 2.10. The van der Waals surface area contributed by atoms with E-state index in [1.165, 1.54) is 0 Å². The van der Waals surface area contributed by atoms with Crippen LogP contribution in [0.5, 0.6) is 0 Å². The molecular weight excluding hydrogens is 278 g/mol. The molecule has 0 saturated carbocycles. The first-order chi connectivity index (χ1) is 10.6. The lowest BCUT2D eigenvalue weighted by Crippen LogP contribution is -2.11. The molecule has 0 aliphatic carbocycles. The first-order valence-electron chi connectivity index (χ1n) is 7.05. The molecule has 1 heterocycles. The van der Waals surface area contributed by atoms with Gasteiger partial charge in [0.25, 0.3) is 0 Å². The maximum absolute atomic E-state index is 12.0. The number of aromatic nitrogens is 1. The lowest BCUT2D eigenvalue weighted by atomic mass is 10.2. The molecular formula is C17H19N3O2. The lowest BCUT2D eigenvalue weighted by molar-refractivity contribution is -0.138. The van der Waals surface area contributed by atoms with E-state index < -0.39 is 5.97 Å². The highest BCUT2D eigenvalue weighted by Crippen LogP contribution is 2.14. The number of hydrogen-bond donors (Lipinski definition) is 0. The van der Waals surface area contributed by atoms with E-state index in [4.69, 9.17) is 4.74 Å². The van der Waals surface area contributed by atoms with Gasteiger partial charge in [-0.2, -0.15) is 0 Å². The highest BCUT2D eigenvalue weighted by molar-refractivity contribution is 5.94. The molecule has 2 aromatic rings. The van der Waals surface area contributed by atoms with E-state index in [2.05, 4.69) is 9.98 Å². The first kappa shape index (κ1) is 15.7. The van der Waals surface area contributed by atoms with Crippen molar-refractivity contribution in [1.29, 1.82) is 0 Å². The predicted octanol–water partition coefficient (Wildman–Crippen LogP) is 2.73. The molecule has 0 atom stereocenters. The number of carbonyl (C=O) groups excluding carboxylic acids is 1. The number of pyridine rings is 1. The third-order valence-electron chi connectivity index (χ3n) is 2.82. The van der Waals surface area contributed by atoms with Crippen LogP contribution < -0.4 is 0 Å². The quantitative estimate of drug-likeness (QED) is 0.368. The minimum atomic E-state index is -0.462. The number of aliphatic imine (C=N–C) groups is 1. The van der Waals surface area contributed by atoms with Gasteiger partial charge in [-0.15, -0.1) is 0 Å². The molecule has 1 aromatic carbocycles. The second-order valence-electron chi connectivity index (χ2n) is 4.89. The van der Waals surface area contributed by atoms with E-state index in [-0.39, 0.29) is 5.70 Å². The van der Waals surface area contributed by atoms with Crippen molar-refractivity contribution in [2.75, 3.05) is 20.7 Å². The zero-order valence-corrected chi connectivity index (χ0v) is 13.0. The van der Waals surface area contributed by atoms with E-state index in [0.717, 1.165) is 10.9 Å². The highest BCUT2D eigenvalue weighted by atomic mass is 16.5. The summed E-state index contributed by atoms with van der Waals surface area (Å²) in [6.45, 7) is 2.07. The Morgan fingerprint density at radius 3 is 2.77 bits per heavy atom. The van der Waals surface area contributed by atoms with Crippen LogP contribution in [0.25, 0.3) is 17.0 Å². The van der Waals surface area contributed by atoms with Gasteiger partial charge in [0, 0.05) is 19.5 Å². The van der Waals surface area contributed by atoms with Crippen molar-refractivity contribution in [3.63, 3.8) is 0 Å². The molecule has 1 aromatic heterocycles. The maximum atomic E-state index is 12.0. The molecule has 0 fully saturated rings. The number of carbonyl (C=O) groups is 1. The normalized spacial score (nSPS) is 11.9. The Balaban J connectivity index is 2.38. The summed E-state index contributed by atoms with van der Waals surface area (Å²) < 4.78 is 5.03. The lowest BCUT2D eigenvalue weighted by Gasteiger charge is -2.06. The van der Waals surface area contributed by atoms with Gasteiger partial charge in [-0.3, -0.25) is 0 Å². The average Bonchev–Trinajstić information content (AvgIpc) is 2.51. The summed E-state index contributed by atoms with van der Waals surface area (Å²) >= 11 is 0. The predicted molar refractivity (Wildman–Crippen MR) is 88.5 cm³/mol. The van der Waals surface area contributed by atoms with Crippen molar-refractivity contribution in [2.24, 2.45) is 4.99 Å². The summed E-state index contributed by atoms with van der Waals surface area (Å²) in [5.41, 5.74) is 1.76. The Kier molecular flexibility index (Phi) is 5.25. The first-order valence-corrected chi connectivity index (χ1v) is 7.05. The largest absolute Gasteiger partial charge is 0.461 e. The summed E-state index contributed by atoms with van der Waals surface area (Å²) in [6.07, 6.45) is 3.19. The van der Waals surface area contributed by atoms with Gasteiger partial charge in [-0.1, -0.05) is 24.3 Å². The second-order valence-corrected chi connectivity index (χ2v) is 4.89. The Morgan fingerprint density at radius 2 is 2.05 bits per heavy atom. The molecule has 0 radical (unpaired) electrons. The van der Waals surface area contributed by atoms with Crippen molar-refractivity contribution >= 4 is 29.3 Å². The fourth-order valence-corrected chi connectivity index (χ4v) is 1.83. The molecule has 0 spiro atoms. The van der Waals surface area contributed by atoms with Crippen LogP contribution in [0.2, 0.25) is 0 Å². The SMILES string of the molecule is CCOC(=O)/C(=C/c1ccc2ccccc2n1)N=CN(C)C. The summed E-state index contributed by atoms with van der Waals surface area (Å²) in [7, 11) is 3.67. The van der Waals surface area contributed by atoms with Crippen molar-refractivity contribution in [3.8, 4) is 0 Å². The number of para-hydroxylation sites is 1. The summed E-state index contributed by atoms with van der Waals surface area (Å²) in [5, 5.41) is 1.05. The average molecular weight is 297 g/mol. The molecule has 0 N–H and O–H groups in total. The van der Waals surface area contributed by atoms with E-state index in [1.54, 1.807) is 24.2 Å². The molecule has 22 heavy (non-hydrogen) atoms. The third kappa shape index (κ3) is 4.15. The Labute approximate surface area is 129 Å². The topological polar surface area (TPSA) is 54.8 Å². The van der Waals surface area contributed by atoms with E-state index in [1.807, 2.05) is 50.5 Å². The van der Waals surface area contributed by atoms with Crippen LogP contribution in [0.3, 0.4) is 0 Å². The Morgan fingerprint density at radius 1 is 1.27 bits per heavy atom. The van der Waals surface area contributed by atoms with Crippen molar-refractivity contribution in [3.05, 3.63) is 47.8 Å². The van der Waals surface area contributed by atoms with Crippen LogP contribution in [-0.2, 0) is 9.53 Å². The maximum Gasteiger partial charge on any atom is 0.357 e. The van der Waals surface area contributed by atoms with Crippen LogP contribution in [0.1, 0.15) is 12.6 Å². The molecule has 0 aliphatic heterocycles. The van der Waals surface area contributed by atoms with Gasteiger partial charge in [0.1, 0.15) is 0 Å².